The third-order valence-electron chi connectivity index (χ3n) is 5.35. The molecule has 1 aromatic carbocycles. The van der Waals surface area contributed by atoms with Gasteiger partial charge in [-0.1, -0.05) is 23.7 Å². The maximum absolute atomic E-state index is 13.3. The number of nitrogens with two attached hydrogens (primary N) is 1. The number of hydrogen-bond donors (Lipinski definition) is 3. The first-order valence-electron chi connectivity index (χ1n) is 10.3. The lowest BCUT2D eigenvalue weighted by Gasteiger charge is -2.21. The molecule has 176 valence electrons. The predicted molar refractivity (Wildman–Crippen MR) is 127 cm³/mol. The topological polar surface area (TPSA) is 146 Å². The zero-order chi connectivity index (χ0) is 24.4. The van der Waals surface area contributed by atoms with Crippen molar-refractivity contribution in [3.05, 3.63) is 69.4 Å². The fourth-order valence-electron chi connectivity index (χ4n) is 3.77. The van der Waals surface area contributed by atoms with Crippen LogP contribution < -0.4 is 21.9 Å². The van der Waals surface area contributed by atoms with Crippen LogP contribution in [0.1, 0.15) is 29.0 Å². The number of pyridine rings is 1. The van der Waals surface area contributed by atoms with E-state index in [4.69, 9.17) is 17.3 Å². The zero-order valence-corrected chi connectivity index (χ0v) is 19.2. The Bertz CT molecular complexity index is 1460. The van der Waals surface area contributed by atoms with E-state index in [0.29, 0.717) is 27.1 Å². The molecule has 1 unspecified atom stereocenters. The molecule has 11 nitrogen and oxygen atoms in total. The summed E-state index contributed by atoms with van der Waals surface area (Å²) in [6, 6.07) is 7.99. The molecule has 2 amide bonds. The van der Waals surface area contributed by atoms with Crippen LogP contribution in [0.4, 0.5) is 10.6 Å². The molecular formula is C22H22ClN7O4. The number of carbonyl (C=O) groups is 2. The van der Waals surface area contributed by atoms with E-state index in [-0.39, 0.29) is 30.0 Å². The van der Waals surface area contributed by atoms with Gasteiger partial charge in [0.2, 0.25) is 0 Å². The van der Waals surface area contributed by atoms with Crippen LogP contribution in [-0.4, -0.2) is 44.8 Å². The van der Waals surface area contributed by atoms with E-state index in [2.05, 4.69) is 25.5 Å². The Morgan fingerprint density at radius 1 is 1.29 bits per heavy atom. The molecule has 0 aliphatic heterocycles. The number of aromatic nitrogens is 4. The minimum atomic E-state index is -0.620. The summed E-state index contributed by atoms with van der Waals surface area (Å²) in [6.07, 6.45) is 2.55. The van der Waals surface area contributed by atoms with Gasteiger partial charge in [0.05, 0.1) is 23.6 Å². The molecule has 0 saturated carbocycles. The summed E-state index contributed by atoms with van der Waals surface area (Å²) in [7, 11) is 1.25. The van der Waals surface area contributed by atoms with Crippen molar-refractivity contribution in [3.63, 3.8) is 0 Å². The highest BCUT2D eigenvalue weighted by Gasteiger charge is 2.23. The van der Waals surface area contributed by atoms with Crippen molar-refractivity contribution in [2.75, 3.05) is 19.4 Å². The second-order valence-corrected chi connectivity index (χ2v) is 7.90. The number of ether oxygens (including phenoxy) is 1. The van der Waals surface area contributed by atoms with Gasteiger partial charge < -0.3 is 25.7 Å². The van der Waals surface area contributed by atoms with Crippen molar-refractivity contribution in [2.24, 2.45) is 0 Å². The second-order valence-electron chi connectivity index (χ2n) is 7.49. The van der Waals surface area contributed by atoms with E-state index in [0.717, 1.165) is 0 Å². The van der Waals surface area contributed by atoms with Crippen LogP contribution in [0.5, 0.6) is 0 Å². The average molecular weight is 484 g/mol. The third kappa shape index (κ3) is 4.25. The van der Waals surface area contributed by atoms with Gasteiger partial charge in [-0.25, -0.2) is 14.3 Å². The summed E-state index contributed by atoms with van der Waals surface area (Å²) in [5, 5.41) is 10.8. The number of halogens is 1. The number of amides is 2. The minimum Gasteiger partial charge on any atom is -0.453 e. The number of hydrogen-bond acceptors (Lipinski definition) is 7. The molecule has 12 heteroatoms. The number of nitrogens with zero attached hydrogens (tertiary/aromatic N) is 4. The normalized spacial score (nSPS) is 12.0. The maximum atomic E-state index is 13.3. The largest absolute Gasteiger partial charge is 0.453 e. The number of nitrogen functional groups attached to an aromatic ring is 1. The Balaban J connectivity index is 1.72. The quantitative estimate of drug-likeness (QED) is 0.380. The number of alkyl carbamates (subject to hydrolysis) is 1. The molecule has 0 aliphatic rings. The molecule has 4 N–H and O–H groups in total. The number of rotatable bonds is 6. The lowest BCUT2D eigenvalue weighted by molar-refractivity contribution is 0.0940. The Morgan fingerprint density at radius 3 is 2.85 bits per heavy atom. The summed E-state index contributed by atoms with van der Waals surface area (Å²) >= 11 is 6.30. The second kappa shape index (κ2) is 9.40. The molecular weight excluding hydrogens is 462 g/mol. The summed E-state index contributed by atoms with van der Waals surface area (Å²) in [5.74, 6) is -0.454. The van der Waals surface area contributed by atoms with Crippen molar-refractivity contribution < 1.29 is 14.3 Å². The molecule has 0 spiro atoms. The van der Waals surface area contributed by atoms with E-state index in [1.165, 1.54) is 22.4 Å². The average Bonchev–Trinajstić information content (AvgIpc) is 3.15. The van der Waals surface area contributed by atoms with E-state index < -0.39 is 18.0 Å². The summed E-state index contributed by atoms with van der Waals surface area (Å²) in [5.41, 5.74) is 6.59. The van der Waals surface area contributed by atoms with E-state index >= 15 is 0 Å². The highest BCUT2D eigenvalue weighted by atomic mass is 35.5. The SMILES string of the molecule is COC(=O)NCCn1c(C(C)NC(=O)c2c(N)nn3cccnc23)cc2cccc(Cl)c2c1=O. The lowest BCUT2D eigenvalue weighted by Crippen LogP contribution is -2.36. The maximum Gasteiger partial charge on any atom is 0.406 e. The smallest absolute Gasteiger partial charge is 0.406 e. The van der Waals surface area contributed by atoms with Crippen molar-refractivity contribution in [2.45, 2.75) is 19.5 Å². The molecule has 4 aromatic rings. The monoisotopic (exact) mass is 483 g/mol. The molecule has 3 heterocycles. The number of benzene rings is 1. The van der Waals surface area contributed by atoms with E-state index in [1.807, 2.05) is 0 Å². The van der Waals surface area contributed by atoms with Gasteiger partial charge in [0.15, 0.2) is 11.5 Å². The molecule has 0 fully saturated rings. The van der Waals surface area contributed by atoms with Gasteiger partial charge in [0, 0.05) is 31.2 Å². The molecule has 0 aliphatic carbocycles. The van der Waals surface area contributed by atoms with E-state index in [9.17, 15) is 14.4 Å². The summed E-state index contributed by atoms with van der Waals surface area (Å²) < 4.78 is 7.47. The fraction of sp³-hybridized carbons (Fsp3) is 0.227. The molecule has 0 saturated heterocycles. The van der Waals surface area contributed by atoms with Gasteiger partial charge in [0.1, 0.15) is 5.56 Å². The number of carbonyl (C=O) groups excluding carboxylic acids is 2. The third-order valence-corrected chi connectivity index (χ3v) is 5.67. The Morgan fingerprint density at radius 2 is 2.09 bits per heavy atom. The summed E-state index contributed by atoms with van der Waals surface area (Å²) in [6.45, 7) is 1.99. The Labute approximate surface area is 198 Å². The van der Waals surface area contributed by atoms with Crippen LogP contribution in [0.25, 0.3) is 16.4 Å². The number of nitrogens with one attached hydrogen (secondary N) is 2. The van der Waals surface area contributed by atoms with Gasteiger partial charge in [-0.3, -0.25) is 9.59 Å². The van der Waals surface area contributed by atoms with Gasteiger partial charge in [-0.15, -0.1) is 5.10 Å². The Hall–Kier alpha value is -4.12. The first-order valence-corrected chi connectivity index (χ1v) is 10.7. The molecule has 4 rings (SSSR count). The van der Waals surface area contributed by atoms with Crippen molar-refractivity contribution in [1.82, 2.24) is 29.8 Å². The molecule has 34 heavy (non-hydrogen) atoms. The summed E-state index contributed by atoms with van der Waals surface area (Å²) in [4.78, 5) is 42.1. The first-order chi connectivity index (χ1) is 16.3. The molecule has 1 atom stereocenters. The fourth-order valence-corrected chi connectivity index (χ4v) is 4.03. The van der Waals surface area contributed by atoms with Crippen LogP contribution in [0.3, 0.4) is 0 Å². The molecule has 0 radical (unpaired) electrons. The van der Waals surface area contributed by atoms with Crippen LogP contribution in [0.15, 0.2) is 47.5 Å². The Kier molecular flexibility index (Phi) is 6.37. The number of anilines is 1. The van der Waals surface area contributed by atoms with Crippen LogP contribution in [0, 0.1) is 0 Å². The lowest BCUT2D eigenvalue weighted by atomic mass is 10.1. The van der Waals surface area contributed by atoms with Crippen molar-refractivity contribution in [3.8, 4) is 0 Å². The van der Waals surface area contributed by atoms with Gasteiger partial charge in [-0.2, -0.15) is 0 Å². The van der Waals surface area contributed by atoms with Crippen molar-refractivity contribution >= 4 is 45.8 Å². The minimum absolute atomic E-state index is 0.0355. The van der Waals surface area contributed by atoms with E-state index in [1.54, 1.807) is 43.5 Å². The highest BCUT2D eigenvalue weighted by Crippen LogP contribution is 2.24. The van der Waals surface area contributed by atoms with Crippen LogP contribution >= 0.6 is 11.6 Å². The number of methoxy groups -OCH3 is 1. The van der Waals surface area contributed by atoms with Crippen LogP contribution in [0.2, 0.25) is 5.02 Å². The standard InChI is InChI=1S/C22H22ClN7O4/c1-12(27-20(31)17-18(24)28-30-9-4-7-25-19(17)30)15-11-13-5-3-6-14(23)16(13)21(32)29(15)10-8-26-22(33)34-2/h3-7,9,11-12H,8,10H2,1-2H3,(H2,24,28)(H,26,33)(H,27,31). The molecule has 3 aromatic heterocycles. The van der Waals surface area contributed by atoms with Gasteiger partial charge >= 0.3 is 6.09 Å². The molecule has 0 bridgehead atoms. The van der Waals surface area contributed by atoms with Crippen LogP contribution in [-0.2, 0) is 11.3 Å². The first kappa shape index (κ1) is 23.1. The highest BCUT2D eigenvalue weighted by molar-refractivity contribution is 6.35. The number of fused-ring (bicyclic) bond motifs is 2. The van der Waals surface area contributed by atoms with Crippen molar-refractivity contribution in [1.29, 1.82) is 0 Å². The predicted octanol–water partition coefficient (Wildman–Crippen LogP) is 2.13. The van der Waals surface area contributed by atoms with Gasteiger partial charge in [0.25, 0.3) is 11.5 Å². The van der Waals surface area contributed by atoms with Gasteiger partial charge in [-0.05, 0) is 30.5 Å². The zero-order valence-electron chi connectivity index (χ0n) is 18.4.